The van der Waals surface area contributed by atoms with Crippen molar-refractivity contribution >= 4 is 29.5 Å². The molecule has 0 aliphatic heterocycles. The smallest absolute Gasteiger partial charge is 0.303 e. The van der Waals surface area contributed by atoms with Gasteiger partial charge in [-0.1, -0.05) is 23.8 Å². The number of pyridine rings is 1. The molecular weight excluding hydrogens is 188 g/mol. The Balaban J connectivity index is 3.32. The van der Waals surface area contributed by atoms with Crippen LogP contribution in [0.25, 0.3) is 0 Å². The van der Waals surface area contributed by atoms with Crippen LogP contribution < -0.4 is 0 Å². The van der Waals surface area contributed by atoms with E-state index in [-0.39, 0.29) is 10.2 Å². The van der Waals surface area contributed by atoms with Gasteiger partial charge in [-0.3, -0.25) is 10.1 Å². The van der Waals surface area contributed by atoms with Gasteiger partial charge in [0.25, 0.3) is 0 Å². The molecule has 1 rings (SSSR count). The fourth-order valence-electron chi connectivity index (χ4n) is 0.582. The van der Waals surface area contributed by atoms with E-state index in [1.807, 2.05) is 0 Å². The Morgan fingerprint density at radius 3 is 2.82 bits per heavy atom. The van der Waals surface area contributed by atoms with Crippen molar-refractivity contribution in [3.8, 4) is 0 Å². The fourth-order valence-corrected chi connectivity index (χ4v) is 1.06. The molecule has 0 unspecified atom stereocenters. The van der Waals surface area contributed by atoms with Gasteiger partial charge >= 0.3 is 5.69 Å². The van der Waals surface area contributed by atoms with Gasteiger partial charge in [0.05, 0.1) is 11.1 Å². The number of hydrogen-bond donors (Lipinski definition) is 1. The first-order chi connectivity index (χ1) is 5.11. The largest absolute Gasteiger partial charge is 0.346 e. The minimum Gasteiger partial charge on any atom is -0.346 e. The zero-order valence-corrected chi connectivity index (χ0v) is 6.78. The van der Waals surface area contributed by atoms with Crippen molar-refractivity contribution in [1.82, 2.24) is 4.98 Å². The zero-order valence-electron chi connectivity index (χ0n) is 5.20. The second-order valence-corrected chi connectivity index (χ2v) is 2.63. The molecule has 0 saturated carbocycles. The average Bonchev–Trinajstić information content (AvgIpc) is 1.85. The Labute approximate surface area is 72.0 Å². The van der Waals surface area contributed by atoms with Crippen LogP contribution >= 0.6 is 23.8 Å². The van der Waals surface area contributed by atoms with Crippen molar-refractivity contribution in [2.24, 2.45) is 0 Å². The molecule has 1 heterocycles. The molecule has 11 heavy (non-hydrogen) atoms. The normalized spacial score (nSPS) is 9.55. The van der Waals surface area contributed by atoms with Crippen LogP contribution in [-0.4, -0.2) is 9.91 Å². The van der Waals surface area contributed by atoms with Crippen LogP contribution in [0.15, 0.2) is 12.3 Å². The van der Waals surface area contributed by atoms with Crippen molar-refractivity contribution in [2.75, 3.05) is 0 Å². The summed E-state index contributed by atoms with van der Waals surface area (Å²) >= 11 is 10.1. The molecule has 0 aliphatic carbocycles. The predicted molar refractivity (Wildman–Crippen MR) is 43.3 cm³/mol. The summed E-state index contributed by atoms with van der Waals surface area (Å²) in [6, 6.07) is 1.33. The summed E-state index contributed by atoms with van der Waals surface area (Å²) in [5, 5.41) is 10.5. The SMILES string of the molecule is O=[N+]([O-])c1c[nH]c(Cl)cc1=S. The maximum atomic E-state index is 10.2. The lowest BCUT2D eigenvalue weighted by Crippen LogP contribution is -1.89. The second-order valence-electron chi connectivity index (χ2n) is 1.79. The van der Waals surface area contributed by atoms with Gasteiger partial charge in [-0.2, -0.15) is 0 Å². The number of H-pyrrole nitrogens is 1. The molecule has 0 amide bonds. The van der Waals surface area contributed by atoms with Crippen LogP contribution in [0.4, 0.5) is 5.69 Å². The van der Waals surface area contributed by atoms with Gasteiger partial charge in [-0.25, -0.2) is 0 Å². The standard InChI is InChI=1S/C5H3ClN2O2S/c6-5-1-4(11)3(2-7-5)8(9)10/h1-2H,(H,7,11). The van der Waals surface area contributed by atoms with Crippen molar-refractivity contribution in [3.05, 3.63) is 32.0 Å². The van der Waals surface area contributed by atoms with E-state index in [4.69, 9.17) is 11.6 Å². The summed E-state index contributed by atoms with van der Waals surface area (Å²) in [6.45, 7) is 0. The van der Waals surface area contributed by atoms with Crippen LogP contribution in [0.3, 0.4) is 0 Å². The lowest BCUT2D eigenvalue weighted by Gasteiger charge is -1.91. The highest BCUT2D eigenvalue weighted by atomic mass is 35.5. The maximum Gasteiger partial charge on any atom is 0.303 e. The van der Waals surface area contributed by atoms with E-state index in [1.54, 1.807) is 0 Å². The van der Waals surface area contributed by atoms with Crippen molar-refractivity contribution in [1.29, 1.82) is 0 Å². The first-order valence-corrected chi connectivity index (χ1v) is 3.42. The number of nitro groups is 1. The molecule has 0 bridgehead atoms. The molecule has 0 saturated heterocycles. The number of halogens is 1. The Morgan fingerprint density at radius 2 is 2.36 bits per heavy atom. The summed E-state index contributed by atoms with van der Waals surface area (Å²) in [5.74, 6) is 0. The molecule has 0 radical (unpaired) electrons. The summed E-state index contributed by atoms with van der Waals surface area (Å²) in [5.41, 5.74) is -0.135. The molecule has 1 aromatic rings. The minimum atomic E-state index is -0.560. The number of hydrogen-bond acceptors (Lipinski definition) is 3. The summed E-state index contributed by atoms with van der Waals surface area (Å²) in [7, 11) is 0. The number of aromatic nitrogens is 1. The van der Waals surface area contributed by atoms with Gasteiger partial charge in [-0.05, 0) is 6.07 Å². The first-order valence-electron chi connectivity index (χ1n) is 2.64. The van der Waals surface area contributed by atoms with Crippen LogP contribution in [0.2, 0.25) is 5.15 Å². The van der Waals surface area contributed by atoms with Crippen molar-refractivity contribution in [2.45, 2.75) is 0 Å². The zero-order chi connectivity index (χ0) is 8.43. The Hall–Kier alpha value is -0.940. The van der Waals surface area contributed by atoms with Gasteiger partial charge in [0, 0.05) is 0 Å². The van der Waals surface area contributed by atoms with Gasteiger partial charge in [-0.15, -0.1) is 0 Å². The highest BCUT2D eigenvalue weighted by Gasteiger charge is 2.06. The predicted octanol–water partition coefficient (Wildman–Crippen LogP) is 2.31. The third-order valence-electron chi connectivity index (χ3n) is 1.05. The van der Waals surface area contributed by atoms with E-state index >= 15 is 0 Å². The van der Waals surface area contributed by atoms with E-state index < -0.39 is 4.92 Å². The summed E-state index contributed by atoms with van der Waals surface area (Å²) in [6.07, 6.45) is 1.17. The Kier molecular flexibility index (Phi) is 2.21. The summed E-state index contributed by atoms with van der Waals surface area (Å²) < 4.78 is 0.138. The number of rotatable bonds is 1. The molecule has 0 atom stereocenters. The summed E-state index contributed by atoms with van der Waals surface area (Å²) in [4.78, 5) is 12.1. The number of aromatic amines is 1. The van der Waals surface area contributed by atoms with Crippen LogP contribution in [-0.2, 0) is 0 Å². The molecule has 1 aromatic heterocycles. The molecule has 0 aromatic carbocycles. The number of nitrogens with one attached hydrogen (secondary N) is 1. The van der Waals surface area contributed by atoms with Crippen LogP contribution in [0.1, 0.15) is 0 Å². The molecular formula is C5H3ClN2O2S. The van der Waals surface area contributed by atoms with Gasteiger partial charge < -0.3 is 4.98 Å². The van der Waals surface area contributed by atoms with Crippen molar-refractivity contribution < 1.29 is 4.92 Å². The lowest BCUT2D eigenvalue weighted by atomic mass is 10.4. The van der Waals surface area contributed by atoms with E-state index in [2.05, 4.69) is 17.2 Å². The Bertz CT molecular complexity index is 349. The van der Waals surface area contributed by atoms with E-state index in [1.165, 1.54) is 12.3 Å². The monoisotopic (exact) mass is 190 g/mol. The molecule has 1 N–H and O–H groups in total. The third kappa shape index (κ3) is 1.75. The van der Waals surface area contributed by atoms with Crippen LogP contribution in [0, 0.1) is 14.6 Å². The van der Waals surface area contributed by atoms with E-state index in [0.717, 1.165) is 0 Å². The van der Waals surface area contributed by atoms with Gasteiger partial charge in [0.2, 0.25) is 0 Å². The molecule has 4 nitrogen and oxygen atoms in total. The lowest BCUT2D eigenvalue weighted by molar-refractivity contribution is -0.385. The highest BCUT2D eigenvalue weighted by Crippen LogP contribution is 2.14. The average molecular weight is 191 g/mol. The minimum absolute atomic E-state index is 0.135. The van der Waals surface area contributed by atoms with Crippen molar-refractivity contribution in [3.63, 3.8) is 0 Å². The van der Waals surface area contributed by atoms with E-state index in [0.29, 0.717) is 5.15 Å². The van der Waals surface area contributed by atoms with Gasteiger partial charge in [0.1, 0.15) is 9.66 Å². The molecule has 0 spiro atoms. The third-order valence-corrected chi connectivity index (χ3v) is 1.60. The fraction of sp³-hybridized carbons (Fsp3) is 0. The van der Waals surface area contributed by atoms with Gasteiger partial charge in [0.15, 0.2) is 0 Å². The molecule has 0 fully saturated rings. The topological polar surface area (TPSA) is 58.9 Å². The molecule has 6 heteroatoms. The second kappa shape index (κ2) is 2.98. The number of nitrogens with zero attached hydrogens (tertiary/aromatic N) is 1. The Morgan fingerprint density at radius 1 is 1.73 bits per heavy atom. The van der Waals surface area contributed by atoms with E-state index in [9.17, 15) is 10.1 Å². The maximum absolute atomic E-state index is 10.2. The molecule has 58 valence electrons. The van der Waals surface area contributed by atoms with Crippen LogP contribution in [0.5, 0.6) is 0 Å². The quantitative estimate of drug-likeness (QED) is 0.320. The highest BCUT2D eigenvalue weighted by molar-refractivity contribution is 7.71. The first kappa shape index (κ1) is 8.16. The molecule has 0 aliphatic rings.